The van der Waals surface area contributed by atoms with Gasteiger partial charge in [0.1, 0.15) is 30.2 Å². The molecule has 1 aliphatic carbocycles. The second-order valence-corrected chi connectivity index (χ2v) is 15.9. The maximum absolute atomic E-state index is 14.5. The largest absolute Gasteiger partial charge is 0.481 e. The fraction of sp³-hybridized carbons (Fsp3) is 0.524. The number of benzene rings is 2. The van der Waals surface area contributed by atoms with Crippen LogP contribution in [0.1, 0.15) is 95.1 Å². The molecule has 18 heteroatoms. The van der Waals surface area contributed by atoms with Gasteiger partial charge in [0, 0.05) is 18.1 Å². The Hall–Kier alpha value is -5.49. The van der Waals surface area contributed by atoms with Crippen LogP contribution in [0, 0.1) is 11.8 Å². The molecule has 10 N–H and O–H groups in total. The minimum absolute atomic E-state index is 0.0262. The van der Waals surface area contributed by atoms with E-state index in [4.69, 9.17) is 5.73 Å². The van der Waals surface area contributed by atoms with Gasteiger partial charge in [-0.25, -0.2) is 4.79 Å². The lowest BCUT2D eigenvalue weighted by Crippen LogP contribution is -2.60. The summed E-state index contributed by atoms with van der Waals surface area (Å²) in [6.07, 6.45) is 2.94. The minimum atomic E-state index is -1.52. The molecule has 0 bridgehead atoms. The summed E-state index contributed by atoms with van der Waals surface area (Å²) in [6, 6.07) is 9.08. The summed E-state index contributed by atoms with van der Waals surface area (Å²) in [6.45, 7) is 3.57. The summed E-state index contributed by atoms with van der Waals surface area (Å²) in [5.74, 6) is -9.48. The van der Waals surface area contributed by atoms with Crippen LogP contribution in [-0.2, 0) is 38.4 Å². The molecule has 6 atom stereocenters. The molecule has 2 aromatic rings. The van der Waals surface area contributed by atoms with Crippen molar-refractivity contribution >= 4 is 60.1 Å². The molecule has 0 spiro atoms. The standard InChI is InChI=1S/C42H58N6O11S/c1-24(2)20-30(46-41(57)36(48-37(53)28(43)22-34(51)52)35(26-14-8-4-9-15-26)27-16-10-5-11-17-27)39(55)44-29(18-19-33(49)50)38(54)45-31(21-25-12-6-3-7-13-25)40(56)47-32(23-60)42(58)59/h4-5,8-11,14-17,24-25,28-32,35-36,60H,3,6-7,12-13,18-23,43H2,1-2H3,(H,44,55)(H,45,54)(H,46,57)(H,47,56)(H,48,53)(H,49,50)(H,51,52)(H,58,59)/t28-,29-,30-,31-,32-,36+/m0/s1. The molecule has 1 fully saturated rings. The first kappa shape index (κ1) is 48.9. The van der Waals surface area contributed by atoms with Gasteiger partial charge in [-0.15, -0.1) is 0 Å². The number of carbonyl (C=O) groups is 8. The smallest absolute Gasteiger partial charge is 0.327 e. The number of nitrogens with one attached hydrogen (secondary N) is 5. The molecule has 17 nitrogen and oxygen atoms in total. The Morgan fingerprint density at radius 1 is 0.650 bits per heavy atom. The van der Waals surface area contributed by atoms with E-state index in [0.717, 1.165) is 32.1 Å². The van der Waals surface area contributed by atoms with Gasteiger partial charge in [0.25, 0.3) is 0 Å². The molecule has 60 heavy (non-hydrogen) atoms. The van der Waals surface area contributed by atoms with Gasteiger partial charge in [0.15, 0.2) is 0 Å². The van der Waals surface area contributed by atoms with E-state index in [1.807, 2.05) is 0 Å². The highest BCUT2D eigenvalue weighted by Crippen LogP contribution is 2.30. The number of nitrogens with two attached hydrogens (primary N) is 1. The third-order valence-electron chi connectivity index (χ3n) is 10.3. The maximum atomic E-state index is 14.5. The van der Waals surface area contributed by atoms with Crippen molar-refractivity contribution < 1.29 is 53.7 Å². The van der Waals surface area contributed by atoms with Crippen LogP contribution in [0.25, 0.3) is 0 Å². The Morgan fingerprint density at radius 2 is 1.15 bits per heavy atom. The van der Waals surface area contributed by atoms with Gasteiger partial charge in [-0.1, -0.05) is 107 Å². The van der Waals surface area contributed by atoms with Crippen LogP contribution < -0.4 is 32.3 Å². The molecule has 5 amide bonds. The molecule has 3 rings (SSSR count). The van der Waals surface area contributed by atoms with Crippen LogP contribution in [0.2, 0.25) is 0 Å². The monoisotopic (exact) mass is 854 g/mol. The van der Waals surface area contributed by atoms with Crippen LogP contribution in [0.4, 0.5) is 0 Å². The van der Waals surface area contributed by atoms with E-state index in [1.54, 1.807) is 74.5 Å². The number of amides is 5. The first-order valence-electron chi connectivity index (χ1n) is 20.1. The van der Waals surface area contributed by atoms with Gasteiger partial charge < -0.3 is 47.6 Å². The summed E-state index contributed by atoms with van der Waals surface area (Å²) in [5, 5.41) is 41.3. The minimum Gasteiger partial charge on any atom is -0.481 e. The predicted octanol–water partition coefficient (Wildman–Crippen LogP) is 1.94. The molecule has 1 aliphatic rings. The van der Waals surface area contributed by atoms with E-state index in [1.165, 1.54) is 0 Å². The molecule has 0 saturated heterocycles. The molecule has 328 valence electrons. The second-order valence-electron chi connectivity index (χ2n) is 15.6. The number of hydrogen-bond donors (Lipinski definition) is 10. The summed E-state index contributed by atoms with van der Waals surface area (Å²) >= 11 is 4.02. The van der Waals surface area contributed by atoms with Crippen LogP contribution in [0.15, 0.2) is 60.7 Å². The molecule has 0 heterocycles. The van der Waals surface area contributed by atoms with Crippen LogP contribution in [0.5, 0.6) is 0 Å². The van der Waals surface area contributed by atoms with E-state index >= 15 is 0 Å². The average molecular weight is 855 g/mol. The predicted molar refractivity (Wildman–Crippen MR) is 224 cm³/mol. The van der Waals surface area contributed by atoms with E-state index in [9.17, 15) is 53.7 Å². The van der Waals surface area contributed by atoms with Crippen molar-refractivity contribution in [3.63, 3.8) is 0 Å². The lowest BCUT2D eigenvalue weighted by Gasteiger charge is -2.31. The highest BCUT2D eigenvalue weighted by atomic mass is 32.1. The lowest BCUT2D eigenvalue weighted by atomic mass is 9.84. The first-order valence-corrected chi connectivity index (χ1v) is 20.8. The average Bonchev–Trinajstić information content (AvgIpc) is 3.20. The van der Waals surface area contributed by atoms with Crippen LogP contribution >= 0.6 is 12.6 Å². The molecule has 0 unspecified atom stereocenters. The number of carbonyl (C=O) groups excluding carboxylic acids is 5. The number of carboxylic acids is 3. The third-order valence-corrected chi connectivity index (χ3v) is 10.7. The number of carboxylic acid groups (broad SMARTS) is 3. The quantitative estimate of drug-likeness (QED) is 0.0679. The Kier molecular flexibility index (Phi) is 20.0. The highest BCUT2D eigenvalue weighted by molar-refractivity contribution is 7.80. The highest BCUT2D eigenvalue weighted by Gasteiger charge is 2.38. The van der Waals surface area contributed by atoms with E-state index in [-0.39, 0.29) is 30.4 Å². The number of thiol groups is 1. The number of rotatable bonds is 24. The zero-order valence-corrected chi connectivity index (χ0v) is 34.8. The fourth-order valence-electron chi connectivity index (χ4n) is 7.23. The first-order chi connectivity index (χ1) is 28.5. The second kappa shape index (κ2) is 24.6. The molecule has 0 aromatic heterocycles. The van der Waals surface area contributed by atoms with Crippen molar-refractivity contribution in [3.8, 4) is 0 Å². The van der Waals surface area contributed by atoms with Gasteiger partial charge in [0.2, 0.25) is 29.5 Å². The van der Waals surface area contributed by atoms with E-state index < -0.39 is 109 Å². The van der Waals surface area contributed by atoms with Gasteiger partial charge in [-0.2, -0.15) is 12.6 Å². The number of hydrogen-bond acceptors (Lipinski definition) is 10. The summed E-state index contributed by atoms with van der Waals surface area (Å²) in [7, 11) is 0. The zero-order chi connectivity index (χ0) is 44.4. The van der Waals surface area contributed by atoms with Crippen molar-refractivity contribution in [1.29, 1.82) is 0 Å². The van der Waals surface area contributed by atoms with E-state index in [2.05, 4.69) is 39.2 Å². The lowest BCUT2D eigenvalue weighted by molar-refractivity contribution is -0.141. The summed E-state index contributed by atoms with van der Waals surface area (Å²) < 4.78 is 0. The Morgan fingerprint density at radius 3 is 1.65 bits per heavy atom. The molecular weight excluding hydrogens is 797 g/mol. The molecule has 0 radical (unpaired) electrons. The Bertz CT molecular complexity index is 1740. The molecule has 1 saturated carbocycles. The SMILES string of the molecule is CC(C)C[C@H](NC(=O)[C@H](NC(=O)[C@@H](N)CC(=O)O)C(c1ccccc1)c1ccccc1)C(=O)N[C@@H](CCC(=O)O)C(=O)N[C@@H](CC1CCCCC1)C(=O)N[C@@H](CS)C(=O)O. The maximum Gasteiger partial charge on any atom is 0.327 e. The topological polar surface area (TPSA) is 283 Å². The summed E-state index contributed by atoms with van der Waals surface area (Å²) in [4.78, 5) is 104. The van der Waals surface area contributed by atoms with E-state index in [0.29, 0.717) is 11.1 Å². The van der Waals surface area contributed by atoms with Crippen molar-refractivity contribution in [2.45, 2.75) is 120 Å². The fourth-order valence-corrected chi connectivity index (χ4v) is 7.48. The van der Waals surface area contributed by atoms with Gasteiger partial charge >= 0.3 is 17.9 Å². The van der Waals surface area contributed by atoms with Crippen molar-refractivity contribution in [1.82, 2.24) is 26.6 Å². The van der Waals surface area contributed by atoms with Crippen LogP contribution in [-0.4, -0.2) is 105 Å². The zero-order valence-electron chi connectivity index (χ0n) is 33.9. The van der Waals surface area contributed by atoms with Crippen LogP contribution in [0.3, 0.4) is 0 Å². The van der Waals surface area contributed by atoms with Crippen molar-refractivity contribution in [2.24, 2.45) is 17.6 Å². The van der Waals surface area contributed by atoms with Gasteiger partial charge in [-0.3, -0.25) is 33.6 Å². The van der Waals surface area contributed by atoms with Crippen molar-refractivity contribution in [2.75, 3.05) is 5.75 Å². The molecule has 0 aliphatic heterocycles. The van der Waals surface area contributed by atoms with Gasteiger partial charge in [-0.05, 0) is 42.2 Å². The Balaban J connectivity index is 1.98. The molecule has 2 aromatic carbocycles. The number of aliphatic carboxylic acids is 3. The third kappa shape index (κ3) is 15.9. The Labute approximate surface area is 354 Å². The van der Waals surface area contributed by atoms with Gasteiger partial charge in [0.05, 0.1) is 12.5 Å². The normalized spacial score (nSPS) is 16.0. The van der Waals surface area contributed by atoms with Crippen molar-refractivity contribution in [3.05, 3.63) is 71.8 Å². The molecular formula is C42H58N6O11S. The summed E-state index contributed by atoms with van der Waals surface area (Å²) in [5.41, 5.74) is 7.12.